The number of anilines is 3. The van der Waals surface area contributed by atoms with Gasteiger partial charge in [-0.1, -0.05) is 35.3 Å². The lowest BCUT2D eigenvalue weighted by Gasteiger charge is -2.37. The van der Waals surface area contributed by atoms with Gasteiger partial charge in [0, 0.05) is 47.8 Å². The van der Waals surface area contributed by atoms with Gasteiger partial charge in [0.1, 0.15) is 5.82 Å². The number of amides is 1. The van der Waals surface area contributed by atoms with Crippen LogP contribution in [0, 0.1) is 5.92 Å². The Kier molecular flexibility index (Phi) is 7.80. The number of rotatable bonds is 6. The molecule has 1 aromatic heterocycles. The zero-order valence-electron chi connectivity index (χ0n) is 19.8. The van der Waals surface area contributed by atoms with E-state index < -0.39 is 18.1 Å². The molecule has 1 saturated carbocycles. The van der Waals surface area contributed by atoms with Gasteiger partial charge in [0.2, 0.25) is 5.95 Å². The monoisotopic (exact) mass is 539 g/mol. The summed E-state index contributed by atoms with van der Waals surface area (Å²) in [5.74, 6) is -0.414. The lowest BCUT2D eigenvalue weighted by atomic mass is 9.85. The van der Waals surface area contributed by atoms with Crippen molar-refractivity contribution in [1.29, 1.82) is 0 Å². The average molecular weight is 540 g/mol. The van der Waals surface area contributed by atoms with Crippen LogP contribution in [0.25, 0.3) is 10.9 Å². The lowest BCUT2D eigenvalue weighted by molar-refractivity contribution is -0.171. The van der Waals surface area contributed by atoms with E-state index in [1.807, 2.05) is 43.3 Å². The number of nitrogens with zero attached hydrogens (tertiary/aromatic N) is 4. The Bertz CT molecular complexity index is 1230. The molecular formula is C25H26Cl2F3N5O. The Morgan fingerprint density at radius 1 is 1.03 bits per heavy atom. The Morgan fingerprint density at radius 3 is 2.28 bits per heavy atom. The maximum atomic E-state index is 13.4. The third kappa shape index (κ3) is 5.95. The minimum absolute atomic E-state index is 0.0529. The fourth-order valence-corrected chi connectivity index (χ4v) is 5.15. The number of nitrogens with one attached hydrogen (secondary N) is 1. The van der Waals surface area contributed by atoms with Crippen LogP contribution in [0.4, 0.5) is 30.6 Å². The number of carbonyl (C=O) groups excluding carboxylic acids is 1. The number of halogens is 5. The van der Waals surface area contributed by atoms with Gasteiger partial charge < -0.3 is 15.1 Å². The van der Waals surface area contributed by atoms with Gasteiger partial charge in [-0.25, -0.2) is 4.98 Å². The smallest absolute Gasteiger partial charge is 0.362 e. The Labute approximate surface area is 217 Å². The molecule has 2 aromatic carbocycles. The predicted octanol–water partition coefficient (Wildman–Crippen LogP) is 6.57. The number of aromatic nitrogens is 2. The first kappa shape index (κ1) is 26.3. The van der Waals surface area contributed by atoms with Crippen LogP contribution in [-0.2, 0) is 4.79 Å². The number of alkyl halides is 3. The van der Waals surface area contributed by atoms with Crippen molar-refractivity contribution in [3.63, 3.8) is 0 Å². The molecule has 0 aliphatic heterocycles. The van der Waals surface area contributed by atoms with Crippen LogP contribution >= 0.6 is 23.2 Å². The summed E-state index contributed by atoms with van der Waals surface area (Å²) in [5.41, 5.74) is 0.876. The van der Waals surface area contributed by atoms with Crippen molar-refractivity contribution < 1.29 is 18.0 Å². The molecule has 0 saturated heterocycles. The molecule has 0 radical (unpaired) electrons. The molecule has 6 nitrogen and oxygen atoms in total. The number of benzene rings is 2. The van der Waals surface area contributed by atoms with E-state index in [1.165, 1.54) is 18.2 Å². The van der Waals surface area contributed by atoms with E-state index in [1.54, 1.807) is 0 Å². The summed E-state index contributed by atoms with van der Waals surface area (Å²) in [6.07, 6.45) is -2.89. The number of hydrogen-bond donors (Lipinski definition) is 1. The summed E-state index contributed by atoms with van der Waals surface area (Å²) in [6, 6.07) is 11.2. The molecule has 1 aliphatic rings. The molecule has 4 rings (SSSR count). The number of fused-ring (bicyclic) bond motifs is 1. The minimum Gasteiger partial charge on any atom is -0.362 e. The first-order valence-electron chi connectivity index (χ1n) is 11.6. The second-order valence-electron chi connectivity index (χ2n) is 9.14. The van der Waals surface area contributed by atoms with E-state index in [2.05, 4.69) is 15.3 Å². The first-order valence-corrected chi connectivity index (χ1v) is 12.3. The van der Waals surface area contributed by atoms with Gasteiger partial charge in [0.25, 0.3) is 0 Å². The number of para-hydroxylation sites is 1. The number of carbonyl (C=O) groups is 1. The molecule has 3 aromatic rings. The van der Waals surface area contributed by atoms with Crippen molar-refractivity contribution in [1.82, 2.24) is 9.97 Å². The van der Waals surface area contributed by atoms with Crippen molar-refractivity contribution in [2.24, 2.45) is 5.92 Å². The molecule has 1 aliphatic carbocycles. The SMILES string of the molecule is CN(C)c1nc(NCC2CCC(N(C(=O)C(F)(F)F)c3cc(Cl)cc(Cl)c3)CC2)nc2ccccc12. The standard InChI is InChI=1S/C25H26Cl2F3N5O/c1-34(2)22-20-5-3-4-6-21(20)32-24(33-22)31-14-15-7-9-18(10-8-15)35(23(36)25(28,29)30)19-12-16(26)11-17(27)13-19/h3-6,11-13,15,18H,7-10,14H2,1-2H3,(H,31,32,33). The van der Waals surface area contributed by atoms with Crippen LogP contribution < -0.4 is 15.1 Å². The second-order valence-corrected chi connectivity index (χ2v) is 10.0. The van der Waals surface area contributed by atoms with Gasteiger partial charge in [-0.2, -0.15) is 18.2 Å². The van der Waals surface area contributed by atoms with E-state index in [9.17, 15) is 18.0 Å². The number of hydrogen-bond acceptors (Lipinski definition) is 5. The minimum atomic E-state index is -5.01. The maximum absolute atomic E-state index is 13.4. The highest BCUT2D eigenvalue weighted by Crippen LogP contribution is 2.36. The van der Waals surface area contributed by atoms with Crippen LogP contribution in [0.1, 0.15) is 25.7 Å². The molecule has 1 amide bonds. The molecule has 0 bridgehead atoms. The lowest BCUT2D eigenvalue weighted by Crippen LogP contribution is -2.49. The maximum Gasteiger partial charge on any atom is 0.471 e. The summed E-state index contributed by atoms with van der Waals surface area (Å²) in [5, 5.41) is 4.58. The van der Waals surface area contributed by atoms with Gasteiger partial charge >= 0.3 is 12.1 Å². The summed E-state index contributed by atoms with van der Waals surface area (Å²) in [4.78, 5) is 24.3. The largest absolute Gasteiger partial charge is 0.471 e. The van der Waals surface area contributed by atoms with E-state index in [0.717, 1.165) is 21.6 Å². The molecule has 11 heteroatoms. The molecule has 1 N–H and O–H groups in total. The Morgan fingerprint density at radius 2 is 1.67 bits per heavy atom. The van der Waals surface area contributed by atoms with E-state index in [0.29, 0.717) is 38.2 Å². The van der Waals surface area contributed by atoms with Crippen LogP contribution in [0.15, 0.2) is 42.5 Å². The predicted molar refractivity (Wildman–Crippen MR) is 138 cm³/mol. The summed E-state index contributed by atoms with van der Waals surface area (Å²) >= 11 is 12.0. The normalized spacial score (nSPS) is 18.2. The fraction of sp³-hybridized carbons (Fsp3) is 0.400. The molecule has 0 atom stereocenters. The van der Waals surface area contributed by atoms with Gasteiger partial charge in [0.05, 0.1) is 5.52 Å². The highest BCUT2D eigenvalue weighted by atomic mass is 35.5. The molecule has 1 fully saturated rings. The zero-order valence-corrected chi connectivity index (χ0v) is 21.3. The molecule has 1 heterocycles. The van der Waals surface area contributed by atoms with Crippen LogP contribution in [0.3, 0.4) is 0 Å². The molecule has 0 spiro atoms. The summed E-state index contributed by atoms with van der Waals surface area (Å²) in [7, 11) is 3.84. The van der Waals surface area contributed by atoms with Crippen molar-refractivity contribution in [2.75, 3.05) is 35.8 Å². The molecular weight excluding hydrogens is 514 g/mol. The average Bonchev–Trinajstić information content (AvgIpc) is 2.82. The van der Waals surface area contributed by atoms with Crippen LogP contribution in [0.2, 0.25) is 10.0 Å². The van der Waals surface area contributed by atoms with Crippen molar-refractivity contribution in [2.45, 2.75) is 37.9 Å². The highest BCUT2D eigenvalue weighted by Gasteiger charge is 2.46. The first-order chi connectivity index (χ1) is 17.0. The topological polar surface area (TPSA) is 61.4 Å². The molecule has 36 heavy (non-hydrogen) atoms. The zero-order chi connectivity index (χ0) is 26.0. The molecule has 0 unspecified atom stereocenters. The Balaban J connectivity index is 1.45. The van der Waals surface area contributed by atoms with E-state index in [-0.39, 0.29) is 21.7 Å². The van der Waals surface area contributed by atoms with Gasteiger partial charge in [-0.3, -0.25) is 4.79 Å². The van der Waals surface area contributed by atoms with Crippen LogP contribution in [-0.4, -0.2) is 48.7 Å². The van der Waals surface area contributed by atoms with E-state index in [4.69, 9.17) is 23.2 Å². The van der Waals surface area contributed by atoms with Crippen LogP contribution in [0.5, 0.6) is 0 Å². The second kappa shape index (κ2) is 10.7. The van der Waals surface area contributed by atoms with E-state index >= 15 is 0 Å². The van der Waals surface area contributed by atoms with Crippen molar-refractivity contribution in [3.05, 3.63) is 52.5 Å². The van der Waals surface area contributed by atoms with Gasteiger partial charge in [-0.05, 0) is 61.9 Å². The highest BCUT2D eigenvalue weighted by molar-refractivity contribution is 6.35. The quantitative estimate of drug-likeness (QED) is 0.384. The van der Waals surface area contributed by atoms with Gasteiger partial charge in [0.15, 0.2) is 0 Å². The fourth-order valence-electron chi connectivity index (χ4n) is 4.63. The third-order valence-electron chi connectivity index (χ3n) is 6.32. The van der Waals surface area contributed by atoms with Gasteiger partial charge in [-0.15, -0.1) is 0 Å². The Hall–Kier alpha value is -2.78. The van der Waals surface area contributed by atoms with Crippen molar-refractivity contribution in [3.8, 4) is 0 Å². The van der Waals surface area contributed by atoms with Crippen molar-refractivity contribution >= 4 is 57.5 Å². The third-order valence-corrected chi connectivity index (χ3v) is 6.76. The summed E-state index contributed by atoms with van der Waals surface area (Å²) in [6.45, 7) is 0.578. The summed E-state index contributed by atoms with van der Waals surface area (Å²) < 4.78 is 40.3. The molecule has 192 valence electrons.